The van der Waals surface area contributed by atoms with Gasteiger partial charge in [-0.1, -0.05) is 0 Å². The number of nitrogens with one attached hydrogen (secondary N) is 1. The SMILES string of the molecule is CC(C)(C)OC(=O)N1CCC(CNS(C)(=O)=O)CC1. The molecule has 0 saturated carbocycles. The van der Waals surface area contributed by atoms with Crippen LogP contribution in [-0.2, 0) is 14.8 Å². The molecule has 1 N–H and O–H groups in total. The highest BCUT2D eigenvalue weighted by molar-refractivity contribution is 7.88. The Morgan fingerprint density at radius 2 is 1.84 bits per heavy atom. The van der Waals surface area contributed by atoms with E-state index >= 15 is 0 Å². The molecule has 0 aromatic carbocycles. The Bertz CT molecular complexity index is 406. The average Bonchev–Trinajstić information content (AvgIpc) is 2.23. The summed E-state index contributed by atoms with van der Waals surface area (Å²) >= 11 is 0. The molecule has 0 aromatic heterocycles. The van der Waals surface area contributed by atoms with Gasteiger partial charge in [0.05, 0.1) is 6.26 Å². The lowest BCUT2D eigenvalue weighted by Gasteiger charge is -2.33. The summed E-state index contributed by atoms with van der Waals surface area (Å²) in [6, 6.07) is 0. The Labute approximate surface area is 115 Å². The van der Waals surface area contributed by atoms with Gasteiger partial charge in [0, 0.05) is 19.6 Å². The Balaban J connectivity index is 2.35. The molecule has 1 rings (SSSR count). The van der Waals surface area contributed by atoms with Crippen LogP contribution >= 0.6 is 0 Å². The number of amides is 1. The highest BCUT2D eigenvalue weighted by Crippen LogP contribution is 2.19. The fraction of sp³-hybridized carbons (Fsp3) is 0.917. The molecule has 7 heteroatoms. The van der Waals surface area contributed by atoms with Crippen LogP contribution in [0, 0.1) is 5.92 Å². The van der Waals surface area contributed by atoms with Gasteiger partial charge in [0.15, 0.2) is 0 Å². The molecule has 0 atom stereocenters. The molecular formula is C12H24N2O4S. The van der Waals surface area contributed by atoms with Gasteiger partial charge in [-0.05, 0) is 39.5 Å². The Morgan fingerprint density at radius 3 is 2.26 bits per heavy atom. The maximum atomic E-state index is 11.8. The first-order chi connectivity index (χ1) is 8.57. The maximum Gasteiger partial charge on any atom is 0.410 e. The molecule has 1 aliphatic heterocycles. The van der Waals surface area contributed by atoms with Crippen molar-refractivity contribution in [3.63, 3.8) is 0 Å². The average molecular weight is 292 g/mol. The molecule has 0 unspecified atom stereocenters. The maximum absolute atomic E-state index is 11.8. The van der Waals surface area contributed by atoms with Gasteiger partial charge in [0.2, 0.25) is 10.0 Å². The topological polar surface area (TPSA) is 75.7 Å². The molecule has 0 bridgehead atoms. The van der Waals surface area contributed by atoms with Gasteiger partial charge >= 0.3 is 6.09 Å². The molecule has 19 heavy (non-hydrogen) atoms. The standard InChI is InChI=1S/C12H24N2O4S/c1-12(2,3)18-11(15)14-7-5-10(6-8-14)9-13-19(4,16)17/h10,13H,5-9H2,1-4H3. The third-order valence-electron chi connectivity index (χ3n) is 2.90. The van der Waals surface area contributed by atoms with Crippen LogP contribution in [0.1, 0.15) is 33.6 Å². The molecule has 112 valence electrons. The van der Waals surface area contributed by atoms with E-state index in [0.29, 0.717) is 19.6 Å². The second-order valence-corrected chi connectivity index (χ2v) is 7.86. The van der Waals surface area contributed by atoms with E-state index in [4.69, 9.17) is 4.74 Å². The highest BCUT2D eigenvalue weighted by atomic mass is 32.2. The molecule has 1 amide bonds. The zero-order valence-corrected chi connectivity index (χ0v) is 12.9. The lowest BCUT2D eigenvalue weighted by atomic mass is 9.97. The first-order valence-corrected chi connectivity index (χ1v) is 8.38. The zero-order chi connectivity index (χ0) is 14.7. The number of carbonyl (C=O) groups is 1. The van der Waals surface area contributed by atoms with Gasteiger partial charge in [-0.25, -0.2) is 17.9 Å². The van der Waals surface area contributed by atoms with Crippen molar-refractivity contribution in [2.24, 2.45) is 5.92 Å². The number of likely N-dealkylation sites (tertiary alicyclic amines) is 1. The normalized spacial score (nSPS) is 18.4. The Kier molecular flexibility index (Phi) is 5.20. The minimum Gasteiger partial charge on any atom is -0.444 e. The first kappa shape index (κ1) is 16.2. The summed E-state index contributed by atoms with van der Waals surface area (Å²) in [6.07, 6.45) is 2.45. The lowest BCUT2D eigenvalue weighted by molar-refractivity contribution is 0.0185. The predicted octanol–water partition coefficient (Wildman–Crippen LogP) is 1.18. The fourth-order valence-corrected chi connectivity index (χ4v) is 2.45. The van der Waals surface area contributed by atoms with Crippen LogP contribution in [0.15, 0.2) is 0 Å². The van der Waals surface area contributed by atoms with Crippen molar-refractivity contribution < 1.29 is 17.9 Å². The molecule has 0 aromatic rings. The highest BCUT2D eigenvalue weighted by Gasteiger charge is 2.26. The second-order valence-electron chi connectivity index (χ2n) is 6.03. The monoisotopic (exact) mass is 292 g/mol. The minimum absolute atomic E-state index is 0.286. The van der Waals surface area contributed by atoms with E-state index in [-0.39, 0.29) is 12.0 Å². The van der Waals surface area contributed by atoms with Crippen LogP contribution in [0.2, 0.25) is 0 Å². The third kappa shape index (κ3) is 6.77. The van der Waals surface area contributed by atoms with E-state index in [9.17, 15) is 13.2 Å². The summed E-state index contributed by atoms with van der Waals surface area (Å²) in [5.74, 6) is 0.286. The number of sulfonamides is 1. The Hall–Kier alpha value is -0.820. The largest absolute Gasteiger partial charge is 0.444 e. The van der Waals surface area contributed by atoms with Crippen molar-refractivity contribution in [2.45, 2.75) is 39.2 Å². The van der Waals surface area contributed by atoms with Gasteiger partial charge in [0.1, 0.15) is 5.60 Å². The summed E-state index contributed by atoms with van der Waals surface area (Å²) < 4.78 is 29.8. The van der Waals surface area contributed by atoms with Crippen LogP contribution in [0.25, 0.3) is 0 Å². The van der Waals surface area contributed by atoms with Crippen LogP contribution in [0.4, 0.5) is 4.79 Å². The first-order valence-electron chi connectivity index (χ1n) is 6.49. The van der Waals surface area contributed by atoms with E-state index in [0.717, 1.165) is 19.1 Å². The van der Waals surface area contributed by atoms with E-state index < -0.39 is 15.6 Å². The van der Waals surface area contributed by atoms with Crippen LogP contribution in [0.5, 0.6) is 0 Å². The summed E-state index contributed by atoms with van der Waals surface area (Å²) in [6.45, 7) is 7.20. The molecule has 1 heterocycles. The van der Waals surface area contributed by atoms with Gasteiger partial charge in [-0.3, -0.25) is 0 Å². The van der Waals surface area contributed by atoms with E-state index in [2.05, 4.69) is 4.72 Å². The Morgan fingerprint density at radius 1 is 1.32 bits per heavy atom. The number of hydrogen-bond acceptors (Lipinski definition) is 4. The van der Waals surface area contributed by atoms with E-state index in [1.54, 1.807) is 4.90 Å². The fourth-order valence-electron chi connectivity index (χ4n) is 1.92. The zero-order valence-electron chi connectivity index (χ0n) is 12.1. The predicted molar refractivity (Wildman–Crippen MR) is 73.4 cm³/mol. The van der Waals surface area contributed by atoms with Crippen LogP contribution < -0.4 is 4.72 Å². The van der Waals surface area contributed by atoms with Gasteiger partial charge in [-0.2, -0.15) is 0 Å². The summed E-state index contributed by atoms with van der Waals surface area (Å²) in [7, 11) is -3.13. The van der Waals surface area contributed by atoms with E-state index in [1.165, 1.54) is 0 Å². The van der Waals surface area contributed by atoms with Gasteiger partial charge in [0.25, 0.3) is 0 Å². The molecular weight excluding hydrogens is 268 g/mol. The molecule has 6 nitrogen and oxygen atoms in total. The molecule has 1 saturated heterocycles. The summed E-state index contributed by atoms with van der Waals surface area (Å²) in [4.78, 5) is 13.5. The number of hydrogen-bond donors (Lipinski definition) is 1. The number of rotatable bonds is 3. The minimum atomic E-state index is -3.13. The quantitative estimate of drug-likeness (QED) is 0.847. The lowest BCUT2D eigenvalue weighted by Crippen LogP contribution is -2.43. The molecule has 0 spiro atoms. The number of carbonyl (C=O) groups excluding carboxylic acids is 1. The molecule has 1 aliphatic rings. The molecule has 0 radical (unpaired) electrons. The summed E-state index contributed by atoms with van der Waals surface area (Å²) in [5.41, 5.74) is -0.480. The van der Waals surface area contributed by atoms with Crippen LogP contribution in [0.3, 0.4) is 0 Å². The number of nitrogens with zero attached hydrogens (tertiary/aromatic N) is 1. The van der Waals surface area contributed by atoms with Crippen LogP contribution in [-0.4, -0.2) is 50.9 Å². The van der Waals surface area contributed by atoms with Crippen molar-refractivity contribution in [2.75, 3.05) is 25.9 Å². The smallest absolute Gasteiger partial charge is 0.410 e. The van der Waals surface area contributed by atoms with E-state index in [1.807, 2.05) is 20.8 Å². The number of ether oxygens (including phenoxy) is 1. The van der Waals surface area contributed by atoms with Crippen molar-refractivity contribution >= 4 is 16.1 Å². The molecule has 0 aliphatic carbocycles. The molecule has 1 fully saturated rings. The van der Waals surface area contributed by atoms with Gasteiger partial charge < -0.3 is 9.64 Å². The van der Waals surface area contributed by atoms with Crippen molar-refractivity contribution in [1.82, 2.24) is 9.62 Å². The van der Waals surface area contributed by atoms with Crippen molar-refractivity contribution in [1.29, 1.82) is 0 Å². The van der Waals surface area contributed by atoms with Crippen molar-refractivity contribution in [3.05, 3.63) is 0 Å². The second kappa shape index (κ2) is 6.09. The third-order valence-corrected chi connectivity index (χ3v) is 3.59. The number of piperidine rings is 1. The van der Waals surface area contributed by atoms with Crippen molar-refractivity contribution in [3.8, 4) is 0 Å². The summed E-state index contributed by atoms with van der Waals surface area (Å²) in [5, 5.41) is 0. The van der Waals surface area contributed by atoms with Gasteiger partial charge in [-0.15, -0.1) is 0 Å².